The van der Waals surface area contributed by atoms with Gasteiger partial charge in [0.05, 0.1) is 16.6 Å². The number of fused-ring (bicyclic) bond motifs is 1. The average molecular weight is 453 g/mol. The lowest BCUT2D eigenvalue weighted by Gasteiger charge is -2.39. The fourth-order valence-electron chi connectivity index (χ4n) is 4.63. The number of aromatic nitrogens is 1. The molecule has 1 atom stereocenters. The first-order valence-corrected chi connectivity index (χ1v) is 10.9. The molecule has 3 N–H and O–H groups in total. The van der Waals surface area contributed by atoms with E-state index < -0.39 is 17.1 Å². The second-order valence-electron chi connectivity index (χ2n) is 8.75. The molecule has 2 aromatic carbocycles. The monoisotopic (exact) mass is 453 g/mol. The van der Waals surface area contributed by atoms with Gasteiger partial charge < -0.3 is 14.4 Å². The molecule has 172 valence electrons. The zero-order valence-corrected chi connectivity index (χ0v) is 17.8. The average Bonchev–Trinajstić information content (AvgIpc) is 3.41. The second-order valence-corrected chi connectivity index (χ2v) is 8.75. The maximum atomic E-state index is 13.2. The summed E-state index contributed by atoms with van der Waals surface area (Å²) in [6.07, 6.45) is 3.20. The Kier molecular flexibility index (Phi) is 5.51. The first-order chi connectivity index (χ1) is 15.9. The number of carbonyl (C=O) groups is 1. The lowest BCUT2D eigenvalue weighted by atomic mass is 9.74. The van der Waals surface area contributed by atoms with Gasteiger partial charge in [-0.05, 0) is 68.3 Å². The van der Waals surface area contributed by atoms with Crippen LogP contribution >= 0.6 is 0 Å². The summed E-state index contributed by atoms with van der Waals surface area (Å²) in [4.78, 5) is 34.0. The molecule has 1 aromatic heterocycles. The van der Waals surface area contributed by atoms with E-state index in [-0.39, 0.29) is 11.9 Å². The summed E-state index contributed by atoms with van der Waals surface area (Å²) in [7, 11) is 0. The largest absolute Gasteiger partial charge is 0.481 e. The number of aromatic amines is 1. The van der Waals surface area contributed by atoms with E-state index in [4.69, 9.17) is 9.25 Å². The number of benzene rings is 2. The molecule has 3 aromatic rings. The molecule has 33 heavy (non-hydrogen) atoms. The van der Waals surface area contributed by atoms with Gasteiger partial charge in [0.2, 0.25) is 0 Å². The summed E-state index contributed by atoms with van der Waals surface area (Å²) >= 11 is 0. The van der Waals surface area contributed by atoms with Crippen LogP contribution < -0.4 is 11.2 Å². The quantitative estimate of drug-likeness (QED) is 0.527. The predicted molar refractivity (Wildman–Crippen MR) is 119 cm³/mol. The maximum absolute atomic E-state index is 13.2. The van der Waals surface area contributed by atoms with Gasteiger partial charge in [-0.25, -0.2) is 9.18 Å². The molecule has 0 bridgehead atoms. The van der Waals surface area contributed by atoms with Crippen molar-refractivity contribution in [2.45, 2.75) is 25.4 Å². The number of carboxylic acid groups (broad SMARTS) is 1. The predicted octanol–water partition coefficient (Wildman–Crippen LogP) is 2.91. The number of aliphatic carboxylic acids is 1. The van der Waals surface area contributed by atoms with E-state index in [1.807, 2.05) is 12.1 Å². The third-order valence-corrected chi connectivity index (χ3v) is 6.57. The van der Waals surface area contributed by atoms with E-state index in [1.165, 1.54) is 12.1 Å². The molecule has 1 fully saturated rings. The van der Waals surface area contributed by atoms with E-state index in [2.05, 4.69) is 15.4 Å². The number of nitrogens with zero attached hydrogens (tertiary/aromatic N) is 1. The van der Waals surface area contributed by atoms with Gasteiger partial charge >= 0.3 is 11.7 Å². The van der Waals surface area contributed by atoms with Crippen molar-refractivity contribution in [2.75, 3.05) is 19.6 Å². The van der Waals surface area contributed by atoms with Gasteiger partial charge in [0.15, 0.2) is 5.58 Å². The van der Waals surface area contributed by atoms with Crippen LogP contribution in [0.25, 0.3) is 16.8 Å². The number of hydroxylamine groups is 1. The number of hydrogen-bond donors (Lipinski definition) is 3. The molecule has 8 nitrogen and oxygen atoms in total. The molecule has 1 unspecified atom stereocenters. The van der Waals surface area contributed by atoms with Gasteiger partial charge in [-0.15, -0.1) is 0 Å². The Morgan fingerprint density at radius 1 is 1.18 bits per heavy atom. The van der Waals surface area contributed by atoms with Crippen LogP contribution in [0.2, 0.25) is 0 Å². The normalized spacial score (nSPS) is 20.5. The summed E-state index contributed by atoms with van der Waals surface area (Å²) in [5.41, 5.74) is 5.67. The van der Waals surface area contributed by atoms with Crippen LogP contribution in [0, 0.1) is 11.2 Å². The number of likely N-dealkylation sites (tertiary alicyclic amines) is 1. The SMILES string of the molecule is O=C(O)C1(Cc2ccc(F)cc2)CCN(CC2C=C(c3ccc4[nH]c(=O)oc4c3)NO2)CC1. The fourth-order valence-corrected chi connectivity index (χ4v) is 4.63. The van der Waals surface area contributed by atoms with Crippen molar-refractivity contribution in [3.8, 4) is 0 Å². The van der Waals surface area contributed by atoms with Crippen molar-refractivity contribution < 1.29 is 23.5 Å². The highest BCUT2D eigenvalue weighted by atomic mass is 19.1. The smallest absolute Gasteiger partial charge is 0.417 e. The van der Waals surface area contributed by atoms with Crippen LogP contribution in [-0.2, 0) is 16.1 Å². The maximum Gasteiger partial charge on any atom is 0.417 e. The highest BCUT2D eigenvalue weighted by Gasteiger charge is 2.42. The lowest BCUT2D eigenvalue weighted by molar-refractivity contribution is -0.152. The van der Waals surface area contributed by atoms with Gasteiger partial charge in [0, 0.05) is 12.1 Å². The Morgan fingerprint density at radius 2 is 1.94 bits per heavy atom. The zero-order chi connectivity index (χ0) is 23.0. The Morgan fingerprint density at radius 3 is 2.67 bits per heavy atom. The van der Waals surface area contributed by atoms with Gasteiger partial charge in [0.1, 0.15) is 11.9 Å². The third kappa shape index (κ3) is 4.42. The fraction of sp³-hybridized carbons (Fsp3) is 0.333. The van der Waals surface area contributed by atoms with Crippen LogP contribution in [0.5, 0.6) is 0 Å². The van der Waals surface area contributed by atoms with Crippen molar-refractivity contribution in [1.82, 2.24) is 15.4 Å². The molecule has 0 amide bonds. The van der Waals surface area contributed by atoms with Crippen LogP contribution in [0.1, 0.15) is 24.0 Å². The summed E-state index contributed by atoms with van der Waals surface area (Å²) in [6, 6.07) is 11.5. The zero-order valence-electron chi connectivity index (χ0n) is 17.8. The molecule has 3 heterocycles. The molecule has 5 rings (SSSR count). The summed E-state index contributed by atoms with van der Waals surface area (Å²) < 4.78 is 18.3. The molecule has 0 spiro atoms. The van der Waals surface area contributed by atoms with E-state index >= 15 is 0 Å². The summed E-state index contributed by atoms with van der Waals surface area (Å²) in [5, 5.41) is 9.95. The number of H-pyrrole nitrogens is 1. The standard InChI is InChI=1S/C24H24FN3O5/c25-17-4-1-15(2-5-17)13-24(22(29)30)7-9-28(10-8-24)14-18-12-20(27-33-18)16-3-6-19-21(11-16)32-23(31)26-19/h1-6,11-12,18,27H,7-10,13-14H2,(H,26,31)(H,29,30). The van der Waals surface area contributed by atoms with Crippen molar-refractivity contribution in [3.05, 3.63) is 76.0 Å². The minimum absolute atomic E-state index is 0.191. The molecular weight excluding hydrogens is 429 g/mol. The Bertz CT molecular complexity index is 1260. The number of hydrogen-bond acceptors (Lipinski definition) is 6. The second kappa shape index (κ2) is 8.49. The van der Waals surface area contributed by atoms with Crippen molar-refractivity contribution in [2.24, 2.45) is 5.41 Å². The van der Waals surface area contributed by atoms with E-state index in [9.17, 15) is 19.1 Å². The van der Waals surface area contributed by atoms with E-state index in [1.54, 1.807) is 24.3 Å². The van der Waals surface area contributed by atoms with E-state index in [0.717, 1.165) is 16.8 Å². The number of halogens is 1. The highest BCUT2D eigenvalue weighted by molar-refractivity contribution is 5.78. The molecule has 0 radical (unpaired) electrons. The Balaban J connectivity index is 1.22. The summed E-state index contributed by atoms with van der Waals surface area (Å²) in [6.45, 7) is 1.90. The number of piperidine rings is 1. The van der Waals surface area contributed by atoms with Crippen LogP contribution in [0.3, 0.4) is 0 Å². The molecule has 9 heteroatoms. The minimum atomic E-state index is -0.847. The first kappa shape index (κ1) is 21.4. The number of carboxylic acids is 1. The van der Waals surface area contributed by atoms with Crippen LogP contribution in [0.4, 0.5) is 4.39 Å². The van der Waals surface area contributed by atoms with Gasteiger partial charge in [-0.2, -0.15) is 0 Å². The highest BCUT2D eigenvalue weighted by Crippen LogP contribution is 2.36. The van der Waals surface area contributed by atoms with Crippen LogP contribution in [-0.4, -0.2) is 46.7 Å². The van der Waals surface area contributed by atoms with Crippen molar-refractivity contribution in [1.29, 1.82) is 0 Å². The molecule has 2 aliphatic heterocycles. The summed E-state index contributed by atoms with van der Waals surface area (Å²) in [5.74, 6) is -1.63. The van der Waals surface area contributed by atoms with Gasteiger partial charge in [-0.1, -0.05) is 18.2 Å². The Labute approximate surface area is 188 Å². The molecular formula is C24H24FN3O5. The molecule has 0 saturated carbocycles. The number of nitrogens with one attached hydrogen (secondary N) is 2. The molecule has 1 saturated heterocycles. The molecule has 0 aliphatic carbocycles. The van der Waals surface area contributed by atoms with Gasteiger partial charge in [0.25, 0.3) is 0 Å². The van der Waals surface area contributed by atoms with E-state index in [0.29, 0.717) is 50.0 Å². The first-order valence-electron chi connectivity index (χ1n) is 10.9. The van der Waals surface area contributed by atoms with Crippen molar-refractivity contribution >= 4 is 22.8 Å². The minimum Gasteiger partial charge on any atom is -0.481 e. The number of rotatable bonds is 6. The Hall–Kier alpha value is -3.43. The van der Waals surface area contributed by atoms with Gasteiger partial charge in [-0.3, -0.25) is 20.1 Å². The number of oxazole rings is 1. The third-order valence-electron chi connectivity index (χ3n) is 6.57. The van der Waals surface area contributed by atoms with Crippen molar-refractivity contribution in [3.63, 3.8) is 0 Å². The lowest BCUT2D eigenvalue weighted by Crippen LogP contribution is -2.47. The topological polar surface area (TPSA) is 108 Å². The van der Waals surface area contributed by atoms with Crippen LogP contribution in [0.15, 0.2) is 57.8 Å². The molecule has 2 aliphatic rings.